The summed E-state index contributed by atoms with van der Waals surface area (Å²) in [6.45, 7) is 15.7. The molecule has 2 aliphatic carbocycles. The third kappa shape index (κ3) is 11.4. The van der Waals surface area contributed by atoms with Gasteiger partial charge < -0.3 is 51.2 Å². The summed E-state index contributed by atoms with van der Waals surface area (Å²) >= 11 is 6.50. The number of hydrogen-bond donors (Lipinski definition) is 5. The topological polar surface area (TPSA) is 271 Å². The molecule has 380 valence electrons. The van der Waals surface area contributed by atoms with Crippen molar-refractivity contribution < 1.29 is 19.7 Å². The van der Waals surface area contributed by atoms with Gasteiger partial charge in [0.05, 0.1) is 48.9 Å². The van der Waals surface area contributed by atoms with Crippen LogP contribution in [0.1, 0.15) is 62.8 Å². The van der Waals surface area contributed by atoms with Crippen LogP contribution in [0.2, 0.25) is 5.28 Å². The molecule has 0 atom stereocenters. The van der Waals surface area contributed by atoms with Gasteiger partial charge in [-0.15, -0.1) is 0 Å². The zero-order valence-corrected chi connectivity index (χ0v) is 41.6. The van der Waals surface area contributed by atoms with Gasteiger partial charge in [-0.3, -0.25) is 9.13 Å². The first kappa shape index (κ1) is 49.0. The van der Waals surface area contributed by atoms with E-state index in [2.05, 4.69) is 49.5 Å². The molecule has 6 fully saturated rings. The van der Waals surface area contributed by atoms with Crippen LogP contribution < -0.4 is 31.5 Å². The molecule has 0 bridgehead atoms. The van der Waals surface area contributed by atoms with Crippen LogP contribution in [-0.2, 0) is 22.6 Å². The summed E-state index contributed by atoms with van der Waals surface area (Å²) in [6.07, 6.45) is 12.5. The monoisotopic (exact) mass is 995 g/mol. The number of anilines is 5. The van der Waals surface area contributed by atoms with Crippen molar-refractivity contribution >= 4 is 63.4 Å². The second kappa shape index (κ2) is 22.0. The van der Waals surface area contributed by atoms with Gasteiger partial charge in [-0.1, -0.05) is 0 Å². The maximum Gasteiger partial charge on any atom is 0.220 e. The summed E-state index contributed by atoms with van der Waals surface area (Å²) in [4.78, 5) is 53.3. The van der Waals surface area contributed by atoms with Crippen molar-refractivity contribution in [2.24, 2.45) is 23.7 Å². The van der Waals surface area contributed by atoms with Crippen molar-refractivity contribution in [1.29, 1.82) is 0 Å². The van der Waals surface area contributed by atoms with E-state index in [9.17, 15) is 5.11 Å². The van der Waals surface area contributed by atoms with Gasteiger partial charge in [0.2, 0.25) is 23.1 Å². The number of morpholine rings is 2. The van der Waals surface area contributed by atoms with Crippen molar-refractivity contribution in [3.05, 3.63) is 29.1 Å². The standard InChI is InChI=1S/C24H33N9O2.C18H21ClN8O.C6H13NO/c1-15-18(12-26-23(25)27-15)20-29-21(31-8-10-35-11-9-31)19-22(30-20)33(13-16-2-3-16)24(28-19)32-6-4-17(14-34)5-7-32;1-10-12(8-21-18(20)22-10)14-24-15(26-4-6-28-7-5-26)13-16(25-14)27(17(19)23-13)9-11-2-3-11;8-5-6-1-3-7-4-2-6/h12,16-17,34H,2-11,13-14H2,1H3,(H2,25,26,27);8,11H,2-7,9H2,1H3,(H2,20,21,22);6-8H,1-5H2. The van der Waals surface area contributed by atoms with E-state index in [1.54, 1.807) is 12.4 Å². The third-order valence-corrected chi connectivity index (χ3v) is 14.6. The van der Waals surface area contributed by atoms with Crippen LogP contribution in [0.4, 0.5) is 29.5 Å². The summed E-state index contributed by atoms with van der Waals surface area (Å²) in [5, 5.41) is 22.0. The number of nitrogens with one attached hydrogen (secondary N) is 1. The Kier molecular flexibility index (Phi) is 15.2. The van der Waals surface area contributed by atoms with E-state index in [-0.39, 0.29) is 18.5 Å². The van der Waals surface area contributed by atoms with E-state index in [1.807, 2.05) is 18.4 Å². The molecule has 2 saturated carbocycles. The van der Waals surface area contributed by atoms with Crippen molar-refractivity contribution in [2.75, 3.05) is 118 Å². The van der Waals surface area contributed by atoms with E-state index in [1.165, 1.54) is 25.7 Å². The Labute approximate surface area is 418 Å². The number of ether oxygens (including phenoxy) is 2. The Bertz CT molecular complexity index is 2780. The van der Waals surface area contributed by atoms with E-state index in [0.717, 1.165) is 154 Å². The SMILES string of the molecule is Cc1nc(N)ncc1-c1nc(N2CCOCC2)c2nc(Cl)n(CC3CC3)c2n1.Cc1nc(N)ncc1-c1nc(N2CCOCC2)c2nc(N3CCC(CO)CC3)n(CC3CC3)c2n1.OCC1CCNCC1. The highest BCUT2D eigenvalue weighted by Crippen LogP contribution is 2.39. The third-order valence-electron chi connectivity index (χ3n) is 14.3. The second-order valence-electron chi connectivity index (χ2n) is 19.6. The lowest BCUT2D eigenvalue weighted by atomic mass is 9.98. The van der Waals surface area contributed by atoms with Gasteiger partial charge in [0.1, 0.15) is 0 Å². The normalized spacial score (nSPS) is 19.2. The fraction of sp³-hybridized carbons (Fsp3) is 0.625. The quantitative estimate of drug-likeness (QED) is 0.116. The highest BCUT2D eigenvalue weighted by atomic mass is 35.5. The van der Waals surface area contributed by atoms with E-state index in [4.69, 9.17) is 62.6 Å². The van der Waals surface area contributed by atoms with Gasteiger partial charge in [0.25, 0.3) is 0 Å². The van der Waals surface area contributed by atoms with Gasteiger partial charge in [-0.05, 0) is 114 Å². The number of fused-ring (bicyclic) bond motifs is 2. The molecule has 4 saturated heterocycles. The van der Waals surface area contributed by atoms with Crippen LogP contribution in [0.5, 0.6) is 0 Å². The molecule has 0 spiro atoms. The van der Waals surface area contributed by atoms with E-state index in [0.29, 0.717) is 73.6 Å². The van der Waals surface area contributed by atoms with E-state index < -0.39 is 0 Å². The molecule has 0 unspecified atom stereocenters. The van der Waals surface area contributed by atoms with Crippen molar-refractivity contribution in [3.8, 4) is 22.8 Å². The first-order valence-electron chi connectivity index (χ1n) is 25.4. The average molecular weight is 996 g/mol. The lowest BCUT2D eigenvalue weighted by molar-refractivity contribution is 0.122. The molecule has 7 N–H and O–H groups in total. The van der Waals surface area contributed by atoms with Crippen molar-refractivity contribution in [1.82, 2.24) is 64.3 Å². The fourth-order valence-corrected chi connectivity index (χ4v) is 9.88. The predicted molar refractivity (Wildman–Crippen MR) is 272 cm³/mol. The maximum absolute atomic E-state index is 9.61. The lowest BCUT2D eigenvalue weighted by Gasteiger charge is -2.32. The summed E-state index contributed by atoms with van der Waals surface area (Å²) < 4.78 is 15.4. The highest BCUT2D eigenvalue weighted by Gasteiger charge is 2.32. The van der Waals surface area contributed by atoms with Crippen molar-refractivity contribution in [2.45, 2.75) is 78.3 Å². The number of hydrogen-bond acceptors (Lipinski definition) is 20. The van der Waals surface area contributed by atoms with Gasteiger partial charge >= 0.3 is 0 Å². The molecular formula is C48H67ClN18O4. The minimum absolute atomic E-state index is 0.234. The summed E-state index contributed by atoms with van der Waals surface area (Å²) in [7, 11) is 0. The number of aromatic nitrogens is 12. The van der Waals surface area contributed by atoms with Crippen LogP contribution in [0.15, 0.2) is 12.4 Å². The molecule has 6 aromatic heterocycles. The zero-order valence-electron chi connectivity index (χ0n) is 40.9. The molecule has 22 nitrogen and oxygen atoms in total. The number of piperidine rings is 2. The summed E-state index contributed by atoms with van der Waals surface area (Å²) in [5.74, 6) is 6.46. The molecule has 23 heteroatoms. The molecule has 10 heterocycles. The Morgan fingerprint density at radius 1 is 0.563 bits per heavy atom. The van der Waals surface area contributed by atoms with Gasteiger partial charge in [0.15, 0.2) is 45.6 Å². The molecule has 0 aromatic carbocycles. The van der Waals surface area contributed by atoms with E-state index >= 15 is 0 Å². The minimum Gasteiger partial charge on any atom is -0.396 e. The smallest absolute Gasteiger partial charge is 0.220 e. The predicted octanol–water partition coefficient (Wildman–Crippen LogP) is 3.68. The largest absolute Gasteiger partial charge is 0.396 e. The van der Waals surface area contributed by atoms with Gasteiger partial charge in [0, 0.05) is 78.0 Å². The number of halogens is 1. The first-order chi connectivity index (χ1) is 34.6. The number of rotatable bonds is 11. The molecule has 6 aliphatic rings. The molecule has 12 rings (SSSR count). The first-order valence-corrected chi connectivity index (χ1v) is 25.8. The average Bonchev–Trinajstić information content (AvgIpc) is 4.34. The van der Waals surface area contributed by atoms with Crippen LogP contribution in [0.25, 0.3) is 45.1 Å². The number of imidazole rings is 2. The van der Waals surface area contributed by atoms with Crippen LogP contribution in [0, 0.1) is 37.5 Å². The molecule has 0 radical (unpaired) electrons. The highest BCUT2D eigenvalue weighted by molar-refractivity contribution is 6.29. The molecule has 71 heavy (non-hydrogen) atoms. The van der Waals surface area contributed by atoms with Crippen molar-refractivity contribution in [3.63, 3.8) is 0 Å². The van der Waals surface area contributed by atoms with Crippen LogP contribution in [0.3, 0.4) is 0 Å². The Morgan fingerprint density at radius 2 is 1.03 bits per heavy atom. The number of nitrogens with two attached hydrogens (primary N) is 2. The zero-order chi connectivity index (χ0) is 49.0. The lowest BCUT2D eigenvalue weighted by Crippen LogP contribution is -2.37. The number of aliphatic hydroxyl groups excluding tert-OH is 2. The summed E-state index contributed by atoms with van der Waals surface area (Å²) in [6, 6.07) is 0. The number of nitrogen functional groups attached to an aromatic ring is 2. The molecule has 0 amide bonds. The van der Waals surface area contributed by atoms with Crippen LogP contribution >= 0.6 is 11.6 Å². The number of nitrogens with zero attached hydrogens (tertiary/aromatic N) is 15. The van der Waals surface area contributed by atoms with Gasteiger partial charge in [-0.25, -0.2) is 49.8 Å². The number of aryl methyl sites for hydroxylation is 2. The van der Waals surface area contributed by atoms with Crippen LogP contribution in [-0.4, -0.2) is 161 Å². The Balaban J connectivity index is 0.000000144. The second-order valence-corrected chi connectivity index (χ2v) is 20.0. The minimum atomic E-state index is 0.234. The Morgan fingerprint density at radius 3 is 1.49 bits per heavy atom. The fourth-order valence-electron chi connectivity index (χ4n) is 9.64. The Hall–Kier alpha value is -5.65. The molecular weight excluding hydrogens is 928 g/mol. The van der Waals surface area contributed by atoms with Gasteiger partial charge in [-0.2, -0.15) is 0 Å². The number of aliphatic hydroxyl groups is 2. The summed E-state index contributed by atoms with van der Waals surface area (Å²) in [5.41, 5.74) is 17.7. The molecule has 6 aromatic rings. The molecule has 4 aliphatic heterocycles. The maximum atomic E-state index is 9.61.